The third-order valence-corrected chi connectivity index (χ3v) is 5.20. The van der Waals surface area contributed by atoms with E-state index >= 15 is 0 Å². The van der Waals surface area contributed by atoms with Crippen LogP contribution in [0.5, 0.6) is 0 Å². The molecule has 4 nitrogen and oxygen atoms in total. The zero-order valence-corrected chi connectivity index (χ0v) is 12.9. The Morgan fingerprint density at radius 1 is 1.00 bits per heavy atom. The first-order valence-electron chi connectivity index (χ1n) is 8.54. The second-order valence-corrected chi connectivity index (χ2v) is 6.82. The molecule has 0 bridgehead atoms. The van der Waals surface area contributed by atoms with E-state index in [4.69, 9.17) is 0 Å². The molecule has 116 valence electrons. The van der Waals surface area contributed by atoms with Crippen molar-refractivity contribution in [2.45, 2.75) is 51.5 Å². The maximum absolute atomic E-state index is 11.7. The van der Waals surface area contributed by atoms with Crippen molar-refractivity contribution < 1.29 is 0 Å². The normalized spacial score (nSPS) is 22.5. The van der Waals surface area contributed by atoms with E-state index in [0.29, 0.717) is 5.92 Å². The number of likely N-dealkylation sites (tertiary alicyclic amines) is 1. The predicted octanol–water partition coefficient (Wildman–Crippen LogP) is 2.54. The Kier molecular flexibility index (Phi) is 5.07. The summed E-state index contributed by atoms with van der Waals surface area (Å²) in [5.74, 6) is 1.57. The van der Waals surface area contributed by atoms with Crippen LogP contribution in [0.1, 0.15) is 44.9 Å². The Balaban J connectivity index is 1.44. The summed E-state index contributed by atoms with van der Waals surface area (Å²) in [6.45, 7) is 4.55. The molecule has 0 N–H and O–H groups in total. The van der Waals surface area contributed by atoms with Crippen LogP contribution >= 0.6 is 0 Å². The van der Waals surface area contributed by atoms with Crippen LogP contribution in [0.15, 0.2) is 23.4 Å². The topological polar surface area (TPSA) is 38.1 Å². The minimum Gasteiger partial charge on any atom is -0.303 e. The first-order chi connectivity index (χ1) is 10.3. The van der Waals surface area contributed by atoms with Crippen LogP contribution in [0, 0.1) is 11.8 Å². The van der Waals surface area contributed by atoms with Gasteiger partial charge in [-0.15, -0.1) is 0 Å². The number of nitrogens with zero attached hydrogens (tertiary/aromatic N) is 3. The fraction of sp³-hybridized carbons (Fsp3) is 0.765. The van der Waals surface area contributed by atoms with Crippen molar-refractivity contribution in [2.75, 3.05) is 19.6 Å². The maximum Gasteiger partial charge on any atom is 0.253 e. The van der Waals surface area contributed by atoms with Gasteiger partial charge in [-0.1, -0.05) is 19.3 Å². The molecule has 1 saturated heterocycles. The molecule has 3 rings (SSSR count). The molecule has 2 aliphatic rings. The Bertz CT molecular complexity index is 485. The third-order valence-electron chi connectivity index (χ3n) is 5.20. The quantitative estimate of drug-likeness (QED) is 0.855. The molecule has 21 heavy (non-hydrogen) atoms. The van der Waals surface area contributed by atoms with Crippen LogP contribution in [-0.2, 0) is 6.54 Å². The molecule has 0 unspecified atom stereocenters. The first kappa shape index (κ1) is 14.8. The summed E-state index contributed by atoms with van der Waals surface area (Å²) in [7, 11) is 0. The summed E-state index contributed by atoms with van der Waals surface area (Å²) >= 11 is 0. The summed E-state index contributed by atoms with van der Waals surface area (Å²) in [6.07, 6.45) is 12.9. The molecule has 0 aromatic carbocycles. The van der Waals surface area contributed by atoms with E-state index in [1.807, 2.05) is 0 Å². The van der Waals surface area contributed by atoms with Crippen molar-refractivity contribution in [2.24, 2.45) is 11.8 Å². The van der Waals surface area contributed by atoms with Crippen LogP contribution in [0.2, 0.25) is 0 Å². The van der Waals surface area contributed by atoms with Crippen LogP contribution in [0.3, 0.4) is 0 Å². The molecule has 0 amide bonds. The number of rotatable bonds is 4. The molecule has 1 aliphatic heterocycles. The Morgan fingerprint density at radius 3 is 2.43 bits per heavy atom. The summed E-state index contributed by atoms with van der Waals surface area (Å²) in [5, 5.41) is 0. The van der Waals surface area contributed by atoms with E-state index in [1.165, 1.54) is 64.6 Å². The average Bonchev–Trinajstić information content (AvgIpc) is 2.52. The van der Waals surface area contributed by atoms with Gasteiger partial charge in [-0.3, -0.25) is 9.36 Å². The van der Waals surface area contributed by atoms with Gasteiger partial charge in [-0.2, -0.15) is 0 Å². The summed E-state index contributed by atoms with van der Waals surface area (Å²) < 4.78 is 1.77. The second-order valence-electron chi connectivity index (χ2n) is 6.82. The highest BCUT2D eigenvalue weighted by Gasteiger charge is 2.23. The van der Waals surface area contributed by atoms with E-state index < -0.39 is 0 Å². The molecular weight excluding hydrogens is 262 g/mol. The van der Waals surface area contributed by atoms with Crippen molar-refractivity contribution in [3.8, 4) is 0 Å². The molecule has 0 radical (unpaired) electrons. The minimum absolute atomic E-state index is 0.0784. The monoisotopic (exact) mass is 289 g/mol. The predicted molar refractivity (Wildman–Crippen MR) is 84.2 cm³/mol. The average molecular weight is 289 g/mol. The molecule has 1 aromatic rings. The summed E-state index contributed by atoms with van der Waals surface area (Å²) in [4.78, 5) is 18.4. The lowest BCUT2D eigenvalue weighted by atomic mass is 9.88. The van der Waals surface area contributed by atoms with Crippen LogP contribution in [-0.4, -0.2) is 34.1 Å². The summed E-state index contributed by atoms with van der Waals surface area (Å²) in [5.41, 5.74) is 0.0784. The first-order valence-corrected chi connectivity index (χ1v) is 8.54. The lowest BCUT2D eigenvalue weighted by Crippen LogP contribution is -2.39. The van der Waals surface area contributed by atoms with Gasteiger partial charge in [-0.05, 0) is 50.6 Å². The fourth-order valence-electron chi connectivity index (χ4n) is 3.88. The SMILES string of the molecule is O=c1ccncn1CC1CCN(CC2CCCCC2)CC1. The van der Waals surface area contributed by atoms with E-state index in [2.05, 4.69) is 9.88 Å². The summed E-state index contributed by atoms with van der Waals surface area (Å²) in [6, 6.07) is 1.55. The van der Waals surface area contributed by atoms with Gasteiger partial charge in [0.25, 0.3) is 5.56 Å². The van der Waals surface area contributed by atoms with Crippen LogP contribution in [0.25, 0.3) is 0 Å². The van der Waals surface area contributed by atoms with Crippen molar-refractivity contribution in [3.05, 3.63) is 28.9 Å². The van der Waals surface area contributed by atoms with Crippen LogP contribution in [0.4, 0.5) is 0 Å². The van der Waals surface area contributed by atoms with Gasteiger partial charge in [0.05, 0.1) is 6.33 Å². The van der Waals surface area contributed by atoms with E-state index in [0.717, 1.165) is 12.5 Å². The smallest absolute Gasteiger partial charge is 0.253 e. The molecule has 2 fully saturated rings. The standard InChI is InChI=1S/C17H27N3O/c21-17-6-9-18-14-20(17)13-16-7-10-19(11-8-16)12-15-4-2-1-3-5-15/h6,9,14-16H,1-5,7-8,10-13H2. The molecule has 4 heteroatoms. The lowest BCUT2D eigenvalue weighted by Gasteiger charge is -2.35. The zero-order chi connectivity index (χ0) is 14.5. The van der Waals surface area contributed by atoms with Crippen molar-refractivity contribution in [1.82, 2.24) is 14.5 Å². The van der Waals surface area contributed by atoms with E-state index in [-0.39, 0.29) is 5.56 Å². The van der Waals surface area contributed by atoms with Gasteiger partial charge < -0.3 is 4.90 Å². The largest absolute Gasteiger partial charge is 0.303 e. The lowest BCUT2D eigenvalue weighted by molar-refractivity contribution is 0.138. The molecule has 1 saturated carbocycles. The highest BCUT2D eigenvalue weighted by Crippen LogP contribution is 2.26. The zero-order valence-electron chi connectivity index (χ0n) is 12.9. The molecule has 0 atom stereocenters. The molecular formula is C17H27N3O. The van der Waals surface area contributed by atoms with Crippen molar-refractivity contribution in [3.63, 3.8) is 0 Å². The third kappa shape index (κ3) is 4.16. The van der Waals surface area contributed by atoms with E-state index in [9.17, 15) is 4.79 Å². The van der Waals surface area contributed by atoms with Crippen molar-refractivity contribution in [1.29, 1.82) is 0 Å². The number of hydrogen-bond acceptors (Lipinski definition) is 3. The Labute approximate surface area is 127 Å². The van der Waals surface area contributed by atoms with E-state index in [1.54, 1.807) is 23.2 Å². The van der Waals surface area contributed by atoms with Gasteiger partial charge in [-0.25, -0.2) is 4.98 Å². The van der Waals surface area contributed by atoms with Gasteiger partial charge >= 0.3 is 0 Å². The van der Waals surface area contributed by atoms with Gasteiger partial charge in [0.15, 0.2) is 0 Å². The second kappa shape index (κ2) is 7.21. The molecule has 2 heterocycles. The number of hydrogen-bond donors (Lipinski definition) is 0. The number of piperidine rings is 1. The highest BCUT2D eigenvalue weighted by atomic mass is 16.1. The fourth-order valence-corrected chi connectivity index (χ4v) is 3.88. The molecule has 1 aliphatic carbocycles. The van der Waals surface area contributed by atoms with Gasteiger partial charge in [0.1, 0.15) is 0 Å². The Hall–Kier alpha value is -1.16. The maximum atomic E-state index is 11.7. The van der Waals surface area contributed by atoms with Crippen molar-refractivity contribution >= 4 is 0 Å². The number of aromatic nitrogens is 2. The van der Waals surface area contributed by atoms with Gasteiger partial charge in [0.2, 0.25) is 0 Å². The van der Waals surface area contributed by atoms with Gasteiger partial charge in [0, 0.05) is 25.4 Å². The molecule has 1 aromatic heterocycles. The highest BCUT2D eigenvalue weighted by molar-refractivity contribution is 4.84. The Morgan fingerprint density at radius 2 is 1.71 bits per heavy atom. The molecule has 0 spiro atoms. The van der Waals surface area contributed by atoms with Crippen LogP contribution < -0.4 is 5.56 Å². The minimum atomic E-state index is 0.0784.